The van der Waals surface area contributed by atoms with E-state index < -0.39 is 11.7 Å². The fourth-order valence-electron chi connectivity index (χ4n) is 2.33. The largest absolute Gasteiger partial charge is 0.493 e. The number of carbonyl (C=O) groups excluding carboxylic acids is 1. The van der Waals surface area contributed by atoms with E-state index in [1.807, 2.05) is 0 Å². The van der Waals surface area contributed by atoms with Crippen LogP contribution < -0.4 is 10.1 Å². The van der Waals surface area contributed by atoms with Crippen molar-refractivity contribution < 1.29 is 22.7 Å². The number of halogens is 4. The highest BCUT2D eigenvalue weighted by Gasteiger charge is 2.33. The number of anilines is 1. The Bertz CT molecular complexity index is 847. The molecule has 2 rings (SSSR count). The second kappa shape index (κ2) is 7.83. The molecule has 0 fully saturated rings. The maximum atomic E-state index is 13.0. The molecule has 0 saturated heterocycles. The van der Waals surface area contributed by atoms with Crippen molar-refractivity contribution in [1.29, 1.82) is 0 Å². The van der Waals surface area contributed by atoms with Gasteiger partial charge in [0.25, 0.3) is 0 Å². The van der Waals surface area contributed by atoms with E-state index in [1.54, 1.807) is 25.1 Å². The maximum Gasteiger partial charge on any atom is 0.417 e. The van der Waals surface area contributed by atoms with E-state index in [0.717, 1.165) is 6.07 Å². The summed E-state index contributed by atoms with van der Waals surface area (Å²) in [5.41, 5.74) is 0.592. The van der Waals surface area contributed by atoms with Crippen molar-refractivity contribution in [3.8, 4) is 5.75 Å². The molecule has 0 bridgehead atoms. The summed E-state index contributed by atoms with van der Waals surface area (Å²) in [5, 5.41) is 2.45. The summed E-state index contributed by atoms with van der Waals surface area (Å²) in [4.78, 5) is 11.5. The molecule has 0 atom stereocenters. The van der Waals surface area contributed by atoms with Crippen LogP contribution in [0.2, 0.25) is 5.02 Å². The SMILES string of the molecule is C=C(Nc1ccc(Cl)c(C(F)(F)F)c1)c1ccc(C(C)=O)cc1OCC. The Morgan fingerprint density at radius 3 is 2.50 bits per heavy atom. The van der Waals surface area contributed by atoms with Crippen LogP contribution in [0.1, 0.15) is 35.3 Å². The van der Waals surface area contributed by atoms with Gasteiger partial charge in [0, 0.05) is 22.5 Å². The first-order valence-electron chi connectivity index (χ1n) is 7.74. The van der Waals surface area contributed by atoms with Gasteiger partial charge in [-0.25, -0.2) is 0 Å². The highest BCUT2D eigenvalue weighted by molar-refractivity contribution is 6.31. The van der Waals surface area contributed by atoms with Crippen LogP contribution in [0, 0.1) is 0 Å². The van der Waals surface area contributed by atoms with Gasteiger partial charge in [-0.2, -0.15) is 13.2 Å². The standard InChI is InChI=1S/C19H17ClF3NO2/c1-4-26-18-9-13(12(3)25)5-7-15(18)11(2)24-14-6-8-17(20)16(10-14)19(21,22)23/h5-10,24H,2,4H2,1,3H3. The predicted octanol–water partition coefficient (Wildman–Crippen LogP) is 6.04. The molecule has 0 aliphatic carbocycles. The summed E-state index contributed by atoms with van der Waals surface area (Å²) in [6.45, 7) is 7.45. The lowest BCUT2D eigenvalue weighted by Gasteiger charge is -2.16. The average Bonchev–Trinajstić information content (AvgIpc) is 2.55. The van der Waals surface area contributed by atoms with Crippen LogP contribution in [0.3, 0.4) is 0 Å². The van der Waals surface area contributed by atoms with Crippen molar-refractivity contribution in [3.05, 3.63) is 64.7 Å². The van der Waals surface area contributed by atoms with E-state index in [9.17, 15) is 18.0 Å². The van der Waals surface area contributed by atoms with Crippen LogP contribution in [0.4, 0.5) is 18.9 Å². The zero-order valence-corrected chi connectivity index (χ0v) is 15.0. The van der Waals surface area contributed by atoms with Crippen molar-refractivity contribution in [3.63, 3.8) is 0 Å². The van der Waals surface area contributed by atoms with Crippen LogP contribution in [0.25, 0.3) is 5.70 Å². The fourth-order valence-corrected chi connectivity index (χ4v) is 2.55. The molecule has 0 amide bonds. The maximum absolute atomic E-state index is 13.0. The summed E-state index contributed by atoms with van der Waals surface area (Å²) in [6.07, 6.45) is -4.56. The normalized spacial score (nSPS) is 11.2. The minimum absolute atomic E-state index is 0.122. The third kappa shape index (κ3) is 4.58. The minimum Gasteiger partial charge on any atom is -0.493 e. The van der Waals surface area contributed by atoms with Gasteiger partial charge >= 0.3 is 6.18 Å². The van der Waals surface area contributed by atoms with E-state index in [1.165, 1.54) is 19.1 Å². The number of hydrogen-bond donors (Lipinski definition) is 1. The Hall–Kier alpha value is -2.47. The lowest BCUT2D eigenvalue weighted by molar-refractivity contribution is -0.137. The van der Waals surface area contributed by atoms with Crippen LogP contribution in [0.5, 0.6) is 5.75 Å². The molecule has 0 spiro atoms. The van der Waals surface area contributed by atoms with Gasteiger partial charge < -0.3 is 10.1 Å². The van der Waals surface area contributed by atoms with Gasteiger partial charge in [0.1, 0.15) is 5.75 Å². The lowest BCUT2D eigenvalue weighted by atomic mass is 10.1. The van der Waals surface area contributed by atoms with E-state index in [-0.39, 0.29) is 16.5 Å². The smallest absolute Gasteiger partial charge is 0.417 e. The number of ether oxygens (including phenoxy) is 1. The summed E-state index contributed by atoms with van der Waals surface area (Å²) < 4.78 is 44.5. The Morgan fingerprint density at radius 2 is 1.92 bits per heavy atom. The van der Waals surface area contributed by atoms with E-state index in [4.69, 9.17) is 16.3 Å². The van der Waals surface area contributed by atoms with Crippen molar-refractivity contribution >= 4 is 28.8 Å². The zero-order chi connectivity index (χ0) is 19.5. The highest BCUT2D eigenvalue weighted by atomic mass is 35.5. The molecule has 0 radical (unpaired) electrons. The van der Waals surface area contributed by atoms with Gasteiger partial charge in [-0.3, -0.25) is 4.79 Å². The van der Waals surface area contributed by atoms with Crippen LogP contribution in [-0.4, -0.2) is 12.4 Å². The number of rotatable bonds is 6. The third-order valence-electron chi connectivity index (χ3n) is 3.58. The summed E-state index contributed by atoms with van der Waals surface area (Å²) in [5.74, 6) is 0.298. The number of nitrogens with one attached hydrogen (secondary N) is 1. The molecule has 2 aromatic rings. The number of alkyl halides is 3. The second-order valence-corrected chi connectivity index (χ2v) is 5.90. The van der Waals surface area contributed by atoms with Crippen LogP contribution >= 0.6 is 11.6 Å². The molecule has 2 aromatic carbocycles. The lowest BCUT2D eigenvalue weighted by Crippen LogP contribution is -2.08. The molecule has 0 heterocycles. The number of hydrogen-bond acceptors (Lipinski definition) is 3. The Balaban J connectivity index is 2.34. The predicted molar refractivity (Wildman–Crippen MR) is 96.7 cm³/mol. The summed E-state index contributed by atoms with van der Waals surface area (Å²) in [6, 6.07) is 8.33. The van der Waals surface area contributed by atoms with Crippen molar-refractivity contribution in [1.82, 2.24) is 0 Å². The Kier molecular flexibility index (Phi) is 5.97. The number of ketones is 1. The second-order valence-electron chi connectivity index (χ2n) is 5.50. The average molecular weight is 384 g/mol. The number of carbonyl (C=O) groups is 1. The quantitative estimate of drug-likeness (QED) is 0.618. The van der Waals surface area contributed by atoms with Gasteiger partial charge in [0.2, 0.25) is 0 Å². The first-order chi connectivity index (χ1) is 12.1. The van der Waals surface area contributed by atoms with E-state index >= 15 is 0 Å². The monoisotopic (exact) mass is 383 g/mol. The third-order valence-corrected chi connectivity index (χ3v) is 3.91. The van der Waals surface area contributed by atoms with Crippen molar-refractivity contribution in [2.75, 3.05) is 11.9 Å². The molecular formula is C19H17ClF3NO2. The molecule has 26 heavy (non-hydrogen) atoms. The number of benzene rings is 2. The van der Waals surface area contributed by atoms with Crippen LogP contribution in [0.15, 0.2) is 43.0 Å². The molecule has 0 saturated carbocycles. The molecule has 0 aromatic heterocycles. The van der Waals surface area contributed by atoms with Gasteiger partial charge in [-0.1, -0.05) is 24.2 Å². The molecule has 7 heteroatoms. The topological polar surface area (TPSA) is 38.3 Å². The van der Waals surface area contributed by atoms with Crippen LogP contribution in [-0.2, 0) is 6.18 Å². The molecule has 0 unspecified atom stereocenters. The summed E-state index contributed by atoms with van der Waals surface area (Å²) >= 11 is 5.63. The van der Waals surface area contributed by atoms with E-state index in [0.29, 0.717) is 29.2 Å². The molecule has 138 valence electrons. The highest BCUT2D eigenvalue weighted by Crippen LogP contribution is 2.37. The van der Waals surface area contributed by atoms with Gasteiger partial charge in [-0.05, 0) is 44.2 Å². The van der Waals surface area contributed by atoms with Gasteiger partial charge in [0.05, 0.1) is 17.2 Å². The zero-order valence-electron chi connectivity index (χ0n) is 14.2. The van der Waals surface area contributed by atoms with E-state index in [2.05, 4.69) is 11.9 Å². The molecule has 1 N–H and O–H groups in total. The number of Topliss-reactive ketones (excluding diaryl/α,β-unsaturated/α-hetero) is 1. The summed E-state index contributed by atoms with van der Waals surface area (Å²) in [7, 11) is 0. The van der Waals surface area contributed by atoms with Gasteiger partial charge in [0.15, 0.2) is 5.78 Å². The van der Waals surface area contributed by atoms with Crippen molar-refractivity contribution in [2.24, 2.45) is 0 Å². The fraction of sp³-hybridized carbons (Fsp3) is 0.211. The first-order valence-corrected chi connectivity index (χ1v) is 8.12. The molecule has 0 aliphatic rings. The van der Waals surface area contributed by atoms with Crippen molar-refractivity contribution in [2.45, 2.75) is 20.0 Å². The van der Waals surface area contributed by atoms with Gasteiger partial charge in [-0.15, -0.1) is 0 Å². The minimum atomic E-state index is -4.56. The Morgan fingerprint density at radius 1 is 1.23 bits per heavy atom. The first kappa shape index (κ1) is 19.8. The molecular weight excluding hydrogens is 367 g/mol. The Labute approximate surface area is 154 Å². The molecule has 3 nitrogen and oxygen atoms in total. The molecule has 0 aliphatic heterocycles.